The molecule has 10 heteroatoms. The summed E-state index contributed by atoms with van der Waals surface area (Å²) in [4.78, 5) is 35.9. The first kappa shape index (κ1) is 32.8. The minimum Gasteiger partial charge on any atom is -0.489 e. The molecule has 228 valence electrons. The van der Waals surface area contributed by atoms with Crippen LogP contribution in [0.25, 0.3) is 10.8 Å². The van der Waals surface area contributed by atoms with Crippen LogP contribution in [0.2, 0.25) is 0 Å². The Morgan fingerprint density at radius 3 is 1.70 bits per heavy atom. The Hall–Kier alpha value is -4.67. The topological polar surface area (TPSA) is 127 Å². The van der Waals surface area contributed by atoms with Gasteiger partial charge in [-0.2, -0.15) is 0 Å². The smallest absolute Gasteiger partial charge is 0.331 e. The summed E-state index contributed by atoms with van der Waals surface area (Å²) in [7, 11) is 0. The number of rotatable bonds is 19. The number of esters is 2. The molecule has 2 aromatic carbocycles. The van der Waals surface area contributed by atoms with E-state index in [9.17, 15) is 19.5 Å². The quantitative estimate of drug-likeness (QED) is 0.109. The molecular weight excluding hydrogens is 556 g/mol. The summed E-state index contributed by atoms with van der Waals surface area (Å²) in [6, 6.07) is 7.35. The number of aliphatic carboxylic acids is 1. The highest BCUT2D eigenvalue weighted by atomic mass is 16.6. The van der Waals surface area contributed by atoms with Crippen LogP contribution in [-0.4, -0.2) is 74.9 Å². The predicted molar refractivity (Wildman–Crippen MR) is 160 cm³/mol. The van der Waals surface area contributed by atoms with Crippen molar-refractivity contribution < 1.29 is 47.9 Å². The predicted octanol–water partition coefficient (Wildman–Crippen LogP) is 4.31. The van der Waals surface area contributed by atoms with Gasteiger partial charge in [-0.15, -0.1) is 13.2 Å². The molecule has 3 rings (SSSR count). The van der Waals surface area contributed by atoms with Gasteiger partial charge in [0.2, 0.25) is 0 Å². The van der Waals surface area contributed by atoms with Crippen LogP contribution in [0.4, 0.5) is 0 Å². The van der Waals surface area contributed by atoms with Crippen molar-refractivity contribution in [3.05, 3.63) is 97.7 Å². The van der Waals surface area contributed by atoms with E-state index < -0.39 is 30.1 Å². The van der Waals surface area contributed by atoms with Gasteiger partial charge in [-0.1, -0.05) is 55.7 Å². The highest BCUT2D eigenvalue weighted by Crippen LogP contribution is 2.44. The molecule has 0 bridgehead atoms. The van der Waals surface area contributed by atoms with Gasteiger partial charge < -0.3 is 33.5 Å². The van der Waals surface area contributed by atoms with Crippen molar-refractivity contribution >= 4 is 28.7 Å². The van der Waals surface area contributed by atoms with E-state index >= 15 is 0 Å². The molecule has 0 spiro atoms. The largest absolute Gasteiger partial charge is 0.489 e. The van der Waals surface area contributed by atoms with E-state index in [1.54, 1.807) is 18.2 Å². The summed E-state index contributed by atoms with van der Waals surface area (Å²) in [5.74, 6) is -1.35. The zero-order chi connectivity index (χ0) is 31.2. The van der Waals surface area contributed by atoms with Crippen LogP contribution >= 0.6 is 0 Å². The van der Waals surface area contributed by atoms with Crippen LogP contribution in [0.1, 0.15) is 11.1 Å². The third-order valence-corrected chi connectivity index (χ3v) is 6.33. The molecule has 1 N–H and O–H groups in total. The summed E-state index contributed by atoms with van der Waals surface area (Å²) in [5, 5.41) is 11.1. The van der Waals surface area contributed by atoms with Crippen molar-refractivity contribution in [1.82, 2.24) is 0 Å². The van der Waals surface area contributed by atoms with Gasteiger partial charge in [-0.3, -0.25) is 0 Å². The van der Waals surface area contributed by atoms with Crippen molar-refractivity contribution in [1.29, 1.82) is 0 Å². The molecule has 0 aliphatic heterocycles. The number of carboxylic acid groups (broad SMARTS) is 1. The lowest BCUT2D eigenvalue weighted by atomic mass is 9.87. The number of carboxylic acids is 1. The molecular formula is C33H36O10. The van der Waals surface area contributed by atoms with E-state index in [-0.39, 0.29) is 58.1 Å². The second kappa shape index (κ2) is 16.7. The fraction of sp³-hybridized carbons (Fsp3) is 0.303. The third kappa shape index (κ3) is 9.16. The molecule has 0 fully saturated rings. The molecule has 1 aliphatic carbocycles. The van der Waals surface area contributed by atoms with Crippen LogP contribution in [-0.2, 0) is 46.2 Å². The maximum atomic E-state index is 12.0. The van der Waals surface area contributed by atoms with E-state index in [1.807, 2.05) is 24.3 Å². The molecule has 2 aromatic rings. The SMILES string of the molecule is C=CCOCC(COc1c2c(c(OCC(COCC=C)OC(=O)C=C)c3ccccc13)CC(C(=O)O)=CC2)OC(=O)C=C. The number of allylic oxidation sites excluding steroid dienone is 1. The number of hydrogen-bond donors (Lipinski definition) is 1. The Labute approximate surface area is 250 Å². The minimum absolute atomic E-state index is 0.0386. The van der Waals surface area contributed by atoms with Crippen LogP contribution in [0.3, 0.4) is 0 Å². The molecule has 10 nitrogen and oxygen atoms in total. The van der Waals surface area contributed by atoms with Crippen LogP contribution in [0.15, 0.2) is 86.5 Å². The standard InChI is InChI=1S/C33H36O10/c1-5-15-38-18-23(42-29(34)7-3)20-40-31-25-11-9-10-12-26(25)32(28-17-22(33(36)37)13-14-27(28)31)41-21-24(19-39-16-6-2)43-30(35)8-4/h5-13,23-24H,1-4,14-21H2,(H,36,37). The number of carbonyl (C=O) groups is 3. The van der Waals surface area contributed by atoms with Gasteiger partial charge in [-0.05, 0) is 6.42 Å². The lowest BCUT2D eigenvalue weighted by Gasteiger charge is -2.27. The summed E-state index contributed by atoms with van der Waals surface area (Å²) < 4.78 is 34.4. The Morgan fingerprint density at radius 1 is 0.767 bits per heavy atom. The molecule has 2 atom stereocenters. The molecule has 0 amide bonds. The molecule has 0 heterocycles. The monoisotopic (exact) mass is 592 g/mol. The third-order valence-electron chi connectivity index (χ3n) is 6.33. The minimum atomic E-state index is -1.04. The number of ether oxygens (including phenoxy) is 6. The van der Waals surface area contributed by atoms with Crippen LogP contribution in [0.5, 0.6) is 11.5 Å². The lowest BCUT2D eigenvalue weighted by molar-refractivity contribution is -0.148. The number of fused-ring (bicyclic) bond motifs is 2. The highest BCUT2D eigenvalue weighted by Gasteiger charge is 2.28. The summed E-state index contributed by atoms with van der Waals surface area (Å²) in [6.45, 7) is 14.6. The van der Waals surface area contributed by atoms with E-state index in [4.69, 9.17) is 28.4 Å². The van der Waals surface area contributed by atoms with Crippen molar-refractivity contribution in [2.45, 2.75) is 25.0 Å². The summed E-state index contributed by atoms with van der Waals surface area (Å²) in [6.07, 6.45) is 5.71. The molecule has 0 aromatic heterocycles. The van der Waals surface area contributed by atoms with Gasteiger partial charge in [0.05, 0.1) is 26.4 Å². The van der Waals surface area contributed by atoms with Gasteiger partial charge >= 0.3 is 17.9 Å². The van der Waals surface area contributed by atoms with Gasteiger partial charge in [0.15, 0.2) is 12.2 Å². The Balaban J connectivity index is 2.02. The maximum Gasteiger partial charge on any atom is 0.331 e. The normalized spacial score (nSPS) is 13.4. The van der Waals surface area contributed by atoms with Crippen molar-refractivity contribution in [3.63, 3.8) is 0 Å². The van der Waals surface area contributed by atoms with Crippen LogP contribution in [0, 0.1) is 0 Å². The number of benzene rings is 2. The van der Waals surface area contributed by atoms with Crippen molar-refractivity contribution in [2.75, 3.05) is 39.6 Å². The van der Waals surface area contributed by atoms with E-state index in [1.165, 1.54) is 0 Å². The first-order valence-electron chi connectivity index (χ1n) is 13.6. The van der Waals surface area contributed by atoms with Gasteiger partial charge in [0.1, 0.15) is 24.7 Å². The molecule has 0 saturated carbocycles. The second-order valence-corrected chi connectivity index (χ2v) is 9.38. The Kier molecular flexibility index (Phi) is 12.7. The van der Waals surface area contributed by atoms with E-state index in [0.717, 1.165) is 17.7 Å². The van der Waals surface area contributed by atoms with E-state index in [0.29, 0.717) is 27.8 Å². The van der Waals surface area contributed by atoms with E-state index in [2.05, 4.69) is 26.3 Å². The zero-order valence-electron chi connectivity index (χ0n) is 24.0. The first-order valence-corrected chi connectivity index (χ1v) is 13.6. The highest BCUT2D eigenvalue weighted by molar-refractivity contribution is 5.98. The average molecular weight is 593 g/mol. The molecule has 1 aliphatic rings. The summed E-state index contributed by atoms with van der Waals surface area (Å²) in [5.41, 5.74) is 1.55. The van der Waals surface area contributed by atoms with Gasteiger partial charge in [0.25, 0.3) is 0 Å². The second-order valence-electron chi connectivity index (χ2n) is 9.38. The first-order chi connectivity index (χ1) is 20.8. The average Bonchev–Trinajstić information content (AvgIpc) is 3.01. The number of hydrogen-bond acceptors (Lipinski definition) is 9. The summed E-state index contributed by atoms with van der Waals surface area (Å²) >= 11 is 0. The van der Waals surface area contributed by atoms with Crippen molar-refractivity contribution in [2.24, 2.45) is 0 Å². The Bertz CT molecular complexity index is 1390. The Morgan fingerprint density at radius 2 is 1.26 bits per heavy atom. The maximum absolute atomic E-state index is 12.0. The van der Waals surface area contributed by atoms with Gasteiger partial charge in [-0.25, -0.2) is 14.4 Å². The molecule has 43 heavy (non-hydrogen) atoms. The van der Waals surface area contributed by atoms with Crippen molar-refractivity contribution in [3.8, 4) is 11.5 Å². The zero-order valence-corrected chi connectivity index (χ0v) is 24.0. The molecule has 0 saturated heterocycles. The molecule has 0 radical (unpaired) electrons. The number of carbonyl (C=O) groups excluding carboxylic acids is 2. The van der Waals surface area contributed by atoms with Gasteiger partial charge in [0, 0.05) is 46.0 Å². The fourth-order valence-corrected chi connectivity index (χ4v) is 4.44. The molecule has 2 unspecified atom stereocenters. The lowest BCUT2D eigenvalue weighted by Crippen LogP contribution is -2.30. The fourth-order valence-electron chi connectivity index (χ4n) is 4.44. The van der Waals surface area contributed by atoms with Crippen LogP contribution < -0.4 is 9.47 Å².